The van der Waals surface area contributed by atoms with Crippen molar-refractivity contribution in [3.63, 3.8) is 0 Å². The molecule has 0 aromatic heterocycles. The zero-order valence-electron chi connectivity index (χ0n) is 11.0. The first kappa shape index (κ1) is 13.7. The molecule has 1 aliphatic carbocycles. The zero-order chi connectivity index (χ0) is 12.0. The minimum atomic E-state index is -0.489. The van der Waals surface area contributed by atoms with Crippen LogP contribution in [0, 0.1) is 5.92 Å². The lowest BCUT2D eigenvalue weighted by atomic mass is 9.80. The molecule has 0 saturated carbocycles. The van der Waals surface area contributed by atoms with E-state index in [2.05, 4.69) is 13.0 Å². The van der Waals surface area contributed by atoms with E-state index in [-0.39, 0.29) is 0 Å². The van der Waals surface area contributed by atoms with E-state index in [1.54, 1.807) is 0 Å². The minimum Gasteiger partial charge on any atom is -0.390 e. The Morgan fingerprint density at radius 2 is 1.94 bits per heavy atom. The Morgan fingerprint density at radius 3 is 2.25 bits per heavy atom. The molecule has 0 aromatic rings. The van der Waals surface area contributed by atoms with Gasteiger partial charge in [0.15, 0.2) is 0 Å². The van der Waals surface area contributed by atoms with Crippen molar-refractivity contribution in [2.24, 2.45) is 5.92 Å². The van der Waals surface area contributed by atoms with Crippen molar-refractivity contribution in [1.29, 1.82) is 0 Å². The maximum atomic E-state index is 9.70. The molecule has 0 amide bonds. The van der Waals surface area contributed by atoms with Gasteiger partial charge < -0.3 is 9.84 Å². The second-order valence-electron chi connectivity index (χ2n) is 5.49. The lowest BCUT2D eigenvalue weighted by molar-refractivity contribution is 0.0126. The Morgan fingerprint density at radius 1 is 1.31 bits per heavy atom. The first-order valence-electron chi connectivity index (χ1n) is 6.46. The lowest BCUT2D eigenvalue weighted by Crippen LogP contribution is -2.31. The number of allylic oxidation sites excluding steroid dienone is 2. The third kappa shape index (κ3) is 5.13. The highest BCUT2D eigenvalue weighted by Gasteiger charge is 2.27. The number of hydrogen-bond donors (Lipinski definition) is 1. The van der Waals surface area contributed by atoms with Crippen LogP contribution in [0.25, 0.3) is 0 Å². The SMILES string of the molecule is C1CCOC1.CC1=CCC(C(C)(C)O)CC1. The van der Waals surface area contributed by atoms with Crippen LogP contribution in [-0.2, 0) is 4.74 Å². The van der Waals surface area contributed by atoms with Crippen LogP contribution in [0.5, 0.6) is 0 Å². The van der Waals surface area contributed by atoms with Crippen LogP contribution in [-0.4, -0.2) is 23.9 Å². The average Bonchev–Trinajstić information content (AvgIpc) is 2.74. The molecule has 1 atom stereocenters. The van der Waals surface area contributed by atoms with Gasteiger partial charge in [-0.1, -0.05) is 11.6 Å². The second kappa shape index (κ2) is 6.41. The Bertz CT molecular complexity index is 214. The summed E-state index contributed by atoms with van der Waals surface area (Å²) in [6.07, 6.45) is 8.17. The summed E-state index contributed by atoms with van der Waals surface area (Å²) in [5.74, 6) is 0.464. The predicted molar refractivity (Wildman–Crippen MR) is 67.4 cm³/mol. The molecular formula is C14H26O2. The van der Waals surface area contributed by atoms with E-state index < -0.39 is 5.60 Å². The predicted octanol–water partition coefficient (Wildman–Crippen LogP) is 3.30. The number of rotatable bonds is 1. The van der Waals surface area contributed by atoms with E-state index >= 15 is 0 Å². The van der Waals surface area contributed by atoms with Gasteiger partial charge in [0, 0.05) is 13.2 Å². The number of hydrogen-bond acceptors (Lipinski definition) is 2. The molecule has 94 valence electrons. The fourth-order valence-corrected chi connectivity index (χ4v) is 2.12. The lowest BCUT2D eigenvalue weighted by Gasteiger charge is -2.31. The summed E-state index contributed by atoms with van der Waals surface area (Å²) in [6, 6.07) is 0. The van der Waals surface area contributed by atoms with Crippen LogP contribution >= 0.6 is 0 Å². The molecule has 1 N–H and O–H groups in total. The molecule has 0 aromatic carbocycles. The molecule has 0 radical (unpaired) electrons. The summed E-state index contributed by atoms with van der Waals surface area (Å²) in [4.78, 5) is 0. The van der Waals surface area contributed by atoms with Crippen LogP contribution in [0.2, 0.25) is 0 Å². The summed E-state index contributed by atoms with van der Waals surface area (Å²) in [5, 5.41) is 9.70. The Kier molecular flexibility index (Phi) is 5.50. The highest BCUT2D eigenvalue weighted by Crippen LogP contribution is 2.31. The van der Waals surface area contributed by atoms with Gasteiger partial charge in [-0.2, -0.15) is 0 Å². The largest absolute Gasteiger partial charge is 0.390 e. The fraction of sp³-hybridized carbons (Fsp3) is 0.857. The summed E-state index contributed by atoms with van der Waals surface area (Å²) < 4.78 is 4.94. The van der Waals surface area contributed by atoms with E-state index in [9.17, 15) is 5.11 Å². The monoisotopic (exact) mass is 226 g/mol. The summed E-state index contributed by atoms with van der Waals surface area (Å²) in [7, 11) is 0. The van der Waals surface area contributed by atoms with Gasteiger partial charge in [0.2, 0.25) is 0 Å². The normalized spacial score (nSPS) is 25.8. The highest BCUT2D eigenvalue weighted by molar-refractivity contribution is 5.04. The van der Waals surface area contributed by atoms with Crippen molar-refractivity contribution in [2.75, 3.05) is 13.2 Å². The smallest absolute Gasteiger partial charge is 0.0622 e. The fourth-order valence-electron chi connectivity index (χ4n) is 2.12. The zero-order valence-corrected chi connectivity index (χ0v) is 11.0. The topological polar surface area (TPSA) is 29.5 Å². The van der Waals surface area contributed by atoms with Gasteiger partial charge in [0.05, 0.1) is 5.60 Å². The second-order valence-corrected chi connectivity index (χ2v) is 5.49. The highest BCUT2D eigenvalue weighted by atomic mass is 16.5. The van der Waals surface area contributed by atoms with E-state index in [0.717, 1.165) is 32.5 Å². The molecule has 0 bridgehead atoms. The van der Waals surface area contributed by atoms with Crippen molar-refractivity contribution in [3.05, 3.63) is 11.6 Å². The Balaban J connectivity index is 0.000000212. The molecule has 16 heavy (non-hydrogen) atoms. The van der Waals surface area contributed by atoms with Gasteiger partial charge in [0.25, 0.3) is 0 Å². The molecule has 1 saturated heterocycles. The van der Waals surface area contributed by atoms with E-state index in [1.165, 1.54) is 18.4 Å². The molecule has 2 nitrogen and oxygen atoms in total. The first-order valence-corrected chi connectivity index (χ1v) is 6.46. The van der Waals surface area contributed by atoms with Gasteiger partial charge in [-0.15, -0.1) is 0 Å². The molecule has 2 aliphatic rings. The molecule has 0 spiro atoms. The minimum absolute atomic E-state index is 0.464. The van der Waals surface area contributed by atoms with Gasteiger partial charge in [-0.05, 0) is 58.8 Å². The quantitative estimate of drug-likeness (QED) is 0.695. The third-order valence-corrected chi connectivity index (χ3v) is 3.46. The molecule has 1 fully saturated rings. The molecule has 1 aliphatic heterocycles. The van der Waals surface area contributed by atoms with E-state index in [4.69, 9.17) is 4.74 Å². The molecule has 2 rings (SSSR count). The summed E-state index contributed by atoms with van der Waals surface area (Å²) in [5.41, 5.74) is 0.988. The Hall–Kier alpha value is -0.340. The number of ether oxygens (including phenoxy) is 1. The van der Waals surface area contributed by atoms with Gasteiger partial charge in [0.1, 0.15) is 0 Å². The maximum absolute atomic E-state index is 9.70. The molecule has 1 unspecified atom stereocenters. The first-order chi connectivity index (χ1) is 7.50. The molecule has 1 heterocycles. The summed E-state index contributed by atoms with van der Waals surface area (Å²) in [6.45, 7) is 7.99. The van der Waals surface area contributed by atoms with E-state index in [1.807, 2.05) is 13.8 Å². The van der Waals surface area contributed by atoms with Crippen molar-refractivity contribution in [2.45, 2.75) is 58.5 Å². The van der Waals surface area contributed by atoms with Crippen molar-refractivity contribution < 1.29 is 9.84 Å². The number of aliphatic hydroxyl groups is 1. The van der Waals surface area contributed by atoms with Crippen LogP contribution in [0.3, 0.4) is 0 Å². The average molecular weight is 226 g/mol. The van der Waals surface area contributed by atoms with Gasteiger partial charge in [-0.3, -0.25) is 0 Å². The van der Waals surface area contributed by atoms with Crippen LogP contribution in [0.4, 0.5) is 0 Å². The van der Waals surface area contributed by atoms with Crippen LogP contribution in [0.1, 0.15) is 52.9 Å². The van der Waals surface area contributed by atoms with Gasteiger partial charge >= 0.3 is 0 Å². The van der Waals surface area contributed by atoms with Crippen molar-refractivity contribution in [3.8, 4) is 0 Å². The Labute approximate surface area is 99.7 Å². The standard InChI is InChI=1S/C10H18O.C4H8O/c1-8-4-6-9(7-5-8)10(2,3)11;1-2-4-5-3-1/h4,9,11H,5-7H2,1-3H3;1-4H2. The van der Waals surface area contributed by atoms with Crippen LogP contribution in [0.15, 0.2) is 11.6 Å². The summed E-state index contributed by atoms with van der Waals surface area (Å²) >= 11 is 0. The third-order valence-electron chi connectivity index (χ3n) is 3.46. The van der Waals surface area contributed by atoms with Crippen molar-refractivity contribution >= 4 is 0 Å². The van der Waals surface area contributed by atoms with E-state index in [0.29, 0.717) is 5.92 Å². The van der Waals surface area contributed by atoms with Crippen LogP contribution < -0.4 is 0 Å². The molecule has 2 heteroatoms. The molecular weight excluding hydrogens is 200 g/mol. The maximum Gasteiger partial charge on any atom is 0.0622 e. The van der Waals surface area contributed by atoms with Crippen molar-refractivity contribution in [1.82, 2.24) is 0 Å². The van der Waals surface area contributed by atoms with Gasteiger partial charge in [-0.25, -0.2) is 0 Å².